The Bertz CT molecular complexity index is 757. The highest BCUT2D eigenvalue weighted by atomic mass is 16.4. The third-order valence-corrected chi connectivity index (χ3v) is 4.59. The number of carbonyl (C=O) groups is 1. The molecule has 2 aromatic rings. The Balaban J connectivity index is 1.69. The fourth-order valence-corrected chi connectivity index (χ4v) is 3.00. The molecule has 7 nitrogen and oxygen atoms in total. The molecule has 0 amide bonds. The summed E-state index contributed by atoms with van der Waals surface area (Å²) in [4.78, 5) is 27.1. The number of anilines is 1. The predicted octanol–water partition coefficient (Wildman–Crippen LogP) is 1.53. The van der Waals surface area contributed by atoms with E-state index in [-0.39, 0.29) is 5.56 Å². The summed E-state index contributed by atoms with van der Waals surface area (Å²) in [5.41, 5.74) is 1.72. The highest BCUT2D eigenvalue weighted by Crippen LogP contribution is 2.21. The average molecular weight is 355 g/mol. The molecule has 0 bridgehead atoms. The molecule has 1 aromatic carbocycles. The van der Waals surface area contributed by atoms with Gasteiger partial charge in [-0.2, -0.15) is 0 Å². The Hall–Kier alpha value is -2.51. The summed E-state index contributed by atoms with van der Waals surface area (Å²) >= 11 is 0. The van der Waals surface area contributed by atoms with E-state index in [9.17, 15) is 4.79 Å². The quantitative estimate of drug-likeness (QED) is 0.842. The second kappa shape index (κ2) is 8.25. The van der Waals surface area contributed by atoms with Gasteiger partial charge in [0.25, 0.3) is 0 Å². The molecule has 1 N–H and O–H groups in total. The summed E-state index contributed by atoms with van der Waals surface area (Å²) in [6.07, 6.45) is 3.46. The topological polar surface area (TPSA) is 72.8 Å². The molecule has 0 aliphatic carbocycles. The number of carboxylic acids is 1. The highest BCUT2D eigenvalue weighted by molar-refractivity contribution is 5.89. The van der Waals surface area contributed by atoms with Gasteiger partial charge in [-0.15, -0.1) is 0 Å². The highest BCUT2D eigenvalue weighted by Gasteiger charge is 2.18. The van der Waals surface area contributed by atoms with E-state index >= 15 is 0 Å². The van der Waals surface area contributed by atoms with Crippen molar-refractivity contribution in [1.29, 1.82) is 0 Å². The van der Waals surface area contributed by atoms with E-state index in [1.54, 1.807) is 30.6 Å². The van der Waals surface area contributed by atoms with Crippen LogP contribution in [0.5, 0.6) is 0 Å². The third-order valence-electron chi connectivity index (χ3n) is 4.59. The fraction of sp³-hybridized carbons (Fsp3) is 0.421. The third kappa shape index (κ3) is 4.56. The van der Waals surface area contributed by atoms with Gasteiger partial charge in [0.1, 0.15) is 5.82 Å². The van der Waals surface area contributed by atoms with Crippen molar-refractivity contribution in [2.24, 2.45) is 0 Å². The van der Waals surface area contributed by atoms with Crippen LogP contribution in [-0.2, 0) is 0 Å². The molecule has 26 heavy (non-hydrogen) atoms. The summed E-state index contributed by atoms with van der Waals surface area (Å²) in [6.45, 7) is 5.99. The maximum absolute atomic E-state index is 11.2. The molecule has 0 spiro atoms. The van der Waals surface area contributed by atoms with Crippen molar-refractivity contribution >= 4 is 11.8 Å². The number of hydrogen-bond donors (Lipinski definition) is 1. The van der Waals surface area contributed by atoms with Crippen LogP contribution < -0.4 is 4.90 Å². The van der Waals surface area contributed by atoms with Crippen molar-refractivity contribution in [3.8, 4) is 11.3 Å². The zero-order chi connectivity index (χ0) is 18.5. The van der Waals surface area contributed by atoms with E-state index < -0.39 is 5.97 Å². The zero-order valence-corrected chi connectivity index (χ0v) is 15.3. The molecule has 1 aromatic heterocycles. The van der Waals surface area contributed by atoms with Crippen LogP contribution in [0, 0.1) is 0 Å². The Kier molecular flexibility index (Phi) is 5.80. The zero-order valence-electron chi connectivity index (χ0n) is 15.3. The largest absolute Gasteiger partial charge is 0.478 e. The lowest BCUT2D eigenvalue weighted by Gasteiger charge is -2.35. The van der Waals surface area contributed by atoms with Crippen LogP contribution in [0.15, 0.2) is 36.7 Å². The monoisotopic (exact) mass is 355 g/mol. The second-order valence-corrected chi connectivity index (χ2v) is 6.78. The average Bonchev–Trinajstić information content (AvgIpc) is 2.67. The van der Waals surface area contributed by atoms with Gasteiger partial charge in [-0.1, -0.05) is 12.1 Å². The number of piperazine rings is 1. The van der Waals surface area contributed by atoms with Crippen LogP contribution in [-0.4, -0.2) is 84.2 Å². The summed E-state index contributed by atoms with van der Waals surface area (Å²) in [6, 6.07) is 6.81. The second-order valence-electron chi connectivity index (χ2n) is 6.78. The molecular formula is C19H25N5O2. The predicted molar refractivity (Wildman–Crippen MR) is 102 cm³/mol. The molecule has 2 heterocycles. The number of hydrogen-bond acceptors (Lipinski definition) is 6. The number of benzene rings is 1. The van der Waals surface area contributed by atoms with Gasteiger partial charge in [-0.3, -0.25) is 9.88 Å². The molecular weight excluding hydrogens is 330 g/mol. The summed E-state index contributed by atoms with van der Waals surface area (Å²) in [5.74, 6) is -0.0969. The van der Waals surface area contributed by atoms with Gasteiger partial charge in [0.2, 0.25) is 0 Å². The lowest BCUT2D eigenvalue weighted by Crippen LogP contribution is -2.48. The van der Waals surface area contributed by atoms with Crippen molar-refractivity contribution in [3.05, 3.63) is 42.2 Å². The smallest absolute Gasteiger partial charge is 0.335 e. The first kappa shape index (κ1) is 18.3. The van der Waals surface area contributed by atoms with Crippen LogP contribution >= 0.6 is 0 Å². The summed E-state index contributed by atoms with van der Waals surface area (Å²) in [5, 5.41) is 9.17. The van der Waals surface area contributed by atoms with Gasteiger partial charge in [-0.25, -0.2) is 9.78 Å². The Morgan fingerprint density at radius 2 is 1.96 bits per heavy atom. The molecule has 7 heteroatoms. The first-order chi connectivity index (χ1) is 12.5. The lowest BCUT2D eigenvalue weighted by molar-refractivity contribution is 0.0697. The number of aromatic nitrogens is 2. The molecule has 1 aliphatic rings. The van der Waals surface area contributed by atoms with Crippen LogP contribution in [0.2, 0.25) is 0 Å². The Morgan fingerprint density at radius 1 is 1.19 bits per heavy atom. The van der Waals surface area contributed by atoms with E-state index in [0.717, 1.165) is 50.6 Å². The number of nitrogens with zero attached hydrogens (tertiary/aromatic N) is 5. The Labute approximate surface area is 153 Å². The molecule has 0 unspecified atom stereocenters. The summed E-state index contributed by atoms with van der Waals surface area (Å²) < 4.78 is 0. The van der Waals surface area contributed by atoms with Gasteiger partial charge in [0.15, 0.2) is 0 Å². The number of rotatable bonds is 6. The molecule has 1 fully saturated rings. The van der Waals surface area contributed by atoms with Crippen molar-refractivity contribution < 1.29 is 9.90 Å². The maximum Gasteiger partial charge on any atom is 0.335 e. The van der Waals surface area contributed by atoms with Crippen molar-refractivity contribution in [1.82, 2.24) is 19.8 Å². The maximum atomic E-state index is 11.2. The molecule has 0 atom stereocenters. The van der Waals surface area contributed by atoms with Gasteiger partial charge < -0.3 is 14.9 Å². The van der Waals surface area contributed by atoms with E-state index in [1.165, 1.54) is 0 Å². The first-order valence-corrected chi connectivity index (χ1v) is 8.81. The number of carboxylic acid groups (broad SMARTS) is 1. The van der Waals surface area contributed by atoms with E-state index in [0.29, 0.717) is 5.69 Å². The van der Waals surface area contributed by atoms with Crippen molar-refractivity contribution in [2.75, 3.05) is 58.3 Å². The molecule has 138 valence electrons. The van der Waals surface area contributed by atoms with Gasteiger partial charge in [0, 0.05) is 44.8 Å². The van der Waals surface area contributed by atoms with Crippen LogP contribution in [0.3, 0.4) is 0 Å². The number of likely N-dealkylation sites (N-methyl/N-ethyl adjacent to an activating group) is 1. The minimum atomic E-state index is -0.940. The van der Waals surface area contributed by atoms with E-state index in [1.807, 2.05) is 6.07 Å². The summed E-state index contributed by atoms with van der Waals surface area (Å²) in [7, 11) is 4.19. The fourth-order valence-electron chi connectivity index (χ4n) is 3.00. The van der Waals surface area contributed by atoms with Crippen molar-refractivity contribution in [3.63, 3.8) is 0 Å². The first-order valence-electron chi connectivity index (χ1n) is 8.81. The van der Waals surface area contributed by atoms with E-state index in [4.69, 9.17) is 10.1 Å². The molecule has 3 rings (SSSR count). The normalized spacial score (nSPS) is 15.4. The standard InChI is InChI=1S/C19H25N5O2/c1-22(2)6-7-23-8-10-24(11-9-23)18-14-20-13-17(21-18)15-4-3-5-16(12-15)19(25)26/h3-5,12-14H,6-11H2,1-2H3,(H,25,26). The molecule has 1 saturated heterocycles. The lowest BCUT2D eigenvalue weighted by atomic mass is 10.1. The van der Waals surface area contributed by atoms with Crippen molar-refractivity contribution in [2.45, 2.75) is 0 Å². The number of aromatic carboxylic acids is 1. The SMILES string of the molecule is CN(C)CCN1CCN(c2cncc(-c3cccc(C(=O)O)c3)n2)CC1. The van der Waals surface area contributed by atoms with Gasteiger partial charge >= 0.3 is 5.97 Å². The Morgan fingerprint density at radius 3 is 2.65 bits per heavy atom. The van der Waals surface area contributed by atoms with Crippen LogP contribution in [0.4, 0.5) is 5.82 Å². The molecule has 0 saturated carbocycles. The van der Waals surface area contributed by atoms with Gasteiger partial charge in [-0.05, 0) is 26.2 Å². The molecule has 1 aliphatic heterocycles. The molecule has 0 radical (unpaired) electrons. The van der Waals surface area contributed by atoms with Crippen LogP contribution in [0.1, 0.15) is 10.4 Å². The minimum absolute atomic E-state index is 0.254. The van der Waals surface area contributed by atoms with Crippen LogP contribution in [0.25, 0.3) is 11.3 Å². The van der Waals surface area contributed by atoms with Gasteiger partial charge in [0.05, 0.1) is 23.7 Å². The minimum Gasteiger partial charge on any atom is -0.478 e. The van der Waals surface area contributed by atoms with E-state index in [2.05, 4.69) is 33.8 Å².